The minimum absolute atomic E-state index is 0.790. The first-order chi connectivity index (χ1) is 9.42. The maximum atomic E-state index is 5.57. The van der Waals surface area contributed by atoms with E-state index in [1.165, 1.54) is 0 Å². The molecule has 0 radical (unpaired) electrons. The van der Waals surface area contributed by atoms with E-state index < -0.39 is 0 Å². The Morgan fingerprint density at radius 1 is 0.579 bits per heavy atom. The summed E-state index contributed by atoms with van der Waals surface area (Å²) in [5.74, 6) is 0. The second-order valence-corrected chi connectivity index (χ2v) is 4.68. The van der Waals surface area contributed by atoms with Crippen LogP contribution in [0.1, 0.15) is 0 Å². The molecule has 0 amide bonds. The smallest absolute Gasteiger partial charge is 0.177 e. The molecule has 3 nitrogen and oxygen atoms in total. The number of hydrogen-bond acceptors (Lipinski definition) is 3. The van der Waals surface area contributed by atoms with Gasteiger partial charge in [0, 0.05) is 16.2 Å². The van der Waals surface area contributed by atoms with Gasteiger partial charge in [0.2, 0.25) is 0 Å². The number of hydrogen-bond donors (Lipinski definition) is 0. The molecule has 0 saturated heterocycles. The SMILES string of the molecule is c1cc2cc3c(cc2o1)c1ccoc1c1occc31. The lowest BCUT2D eigenvalue weighted by molar-refractivity contribution is 0.583. The van der Waals surface area contributed by atoms with Gasteiger partial charge in [0.15, 0.2) is 11.2 Å². The van der Waals surface area contributed by atoms with Gasteiger partial charge >= 0.3 is 0 Å². The van der Waals surface area contributed by atoms with Crippen molar-refractivity contribution in [2.75, 3.05) is 0 Å². The van der Waals surface area contributed by atoms with Gasteiger partial charge in [-0.05, 0) is 41.1 Å². The van der Waals surface area contributed by atoms with Crippen molar-refractivity contribution in [1.82, 2.24) is 0 Å². The average Bonchev–Trinajstić information content (AvgIpc) is 3.15. The van der Waals surface area contributed by atoms with Crippen LogP contribution >= 0.6 is 0 Å². The van der Waals surface area contributed by atoms with Gasteiger partial charge in [0.25, 0.3) is 0 Å². The maximum Gasteiger partial charge on any atom is 0.177 e. The van der Waals surface area contributed by atoms with Gasteiger partial charge in [-0.25, -0.2) is 0 Å². The molecule has 3 heterocycles. The predicted octanol–water partition coefficient (Wildman–Crippen LogP) is 5.08. The summed E-state index contributed by atoms with van der Waals surface area (Å²) in [5.41, 5.74) is 2.48. The summed E-state index contributed by atoms with van der Waals surface area (Å²) in [4.78, 5) is 0. The molecule has 0 bridgehead atoms. The van der Waals surface area contributed by atoms with E-state index in [0.717, 1.165) is 43.7 Å². The van der Waals surface area contributed by atoms with E-state index in [0.29, 0.717) is 0 Å². The molecule has 2 aromatic carbocycles. The van der Waals surface area contributed by atoms with Gasteiger partial charge in [-0.2, -0.15) is 0 Å². The Balaban J connectivity index is 2.23. The van der Waals surface area contributed by atoms with Crippen molar-refractivity contribution in [3.05, 3.63) is 49.1 Å². The zero-order chi connectivity index (χ0) is 12.4. The number of rotatable bonds is 0. The summed E-state index contributed by atoms with van der Waals surface area (Å²) >= 11 is 0. The topological polar surface area (TPSA) is 39.4 Å². The van der Waals surface area contributed by atoms with E-state index in [9.17, 15) is 0 Å². The fourth-order valence-corrected chi connectivity index (χ4v) is 2.85. The van der Waals surface area contributed by atoms with Crippen LogP contribution in [-0.2, 0) is 0 Å². The summed E-state index contributed by atoms with van der Waals surface area (Å²) in [6, 6.07) is 10.1. The van der Waals surface area contributed by atoms with Crippen LogP contribution in [-0.4, -0.2) is 0 Å². The van der Waals surface area contributed by atoms with E-state index >= 15 is 0 Å². The Hall–Kier alpha value is -2.68. The Morgan fingerprint density at radius 2 is 1.21 bits per heavy atom. The monoisotopic (exact) mass is 248 g/mol. The van der Waals surface area contributed by atoms with Crippen LogP contribution in [0.15, 0.2) is 62.4 Å². The minimum atomic E-state index is 0.790. The Labute approximate surface area is 107 Å². The summed E-state index contributed by atoms with van der Waals surface area (Å²) < 4.78 is 16.6. The Bertz CT molecular complexity index is 975. The second kappa shape index (κ2) is 3.01. The fourth-order valence-electron chi connectivity index (χ4n) is 2.85. The van der Waals surface area contributed by atoms with Crippen molar-refractivity contribution >= 4 is 43.7 Å². The molecular formula is C16H8O3. The van der Waals surface area contributed by atoms with Crippen molar-refractivity contribution in [2.24, 2.45) is 0 Å². The van der Waals surface area contributed by atoms with Gasteiger partial charge in [-0.15, -0.1) is 0 Å². The van der Waals surface area contributed by atoms with Gasteiger partial charge in [-0.1, -0.05) is 0 Å². The van der Waals surface area contributed by atoms with Crippen LogP contribution in [0, 0.1) is 0 Å². The molecule has 3 heteroatoms. The van der Waals surface area contributed by atoms with Gasteiger partial charge in [-0.3, -0.25) is 0 Å². The van der Waals surface area contributed by atoms with Gasteiger partial charge in [0.1, 0.15) is 5.58 Å². The molecule has 0 N–H and O–H groups in total. The molecule has 0 spiro atoms. The highest BCUT2D eigenvalue weighted by molar-refractivity contribution is 6.24. The second-order valence-electron chi connectivity index (χ2n) is 4.68. The fraction of sp³-hybridized carbons (Fsp3) is 0. The molecule has 0 saturated carbocycles. The molecular weight excluding hydrogens is 240 g/mol. The highest BCUT2D eigenvalue weighted by Crippen LogP contribution is 2.38. The van der Waals surface area contributed by atoms with Crippen molar-refractivity contribution in [3.8, 4) is 0 Å². The van der Waals surface area contributed by atoms with Crippen molar-refractivity contribution < 1.29 is 13.3 Å². The van der Waals surface area contributed by atoms with Crippen LogP contribution in [0.4, 0.5) is 0 Å². The first-order valence-corrected chi connectivity index (χ1v) is 6.09. The molecule has 0 aliphatic rings. The molecule has 5 aromatic rings. The molecule has 0 fully saturated rings. The van der Waals surface area contributed by atoms with E-state index in [4.69, 9.17) is 13.3 Å². The van der Waals surface area contributed by atoms with Crippen LogP contribution < -0.4 is 0 Å². The first-order valence-electron chi connectivity index (χ1n) is 6.09. The molecule has 5 rings (SSSR count). The summed E-state index contributed by atoms with van der Waals surface area (Å²) in [7, 11) is 0. The molecule has 0 aliphatic carbocycles. The minimum Gasteiger partial charge on any atom is -0.464 e. The van der Waals surface area contributed by atoms with Crippen LogP contribution in [0.2, 0.25) is 0 Å². The lowest BCUT2D eigenvalue weighted by Gasteiger charge is -2.01. The third kappa shape index (κ3) is 1.03. The summed E-state index contributed by atoms with van der Waals surface area (Å²) in [6.45, 7) is 0. The normalized spacial score (nSPS) is 12.2. The van der Waals surface area contributed by atoms with Crippen LogP contribution in [0.25, 0.3) is 43.7 Å². The zero-order valence-corrected chi connectivity index (χ0v) is 9.84. The number of benzene rings is 2. The third-order valence-corrected chi connectivity index (χ3v) is 3.71. The van der Waals surface area contributed by atoms with Crippen LogP contribution in [0.3, 0.4) is 0 Å². The van der Waals surface area contributed by atoms with Crippen molar-refractivity contribution in [2.45, 2.75) is 0 Å². The standard InChI is InChI=1S/C16H8O3/c1-4-17-14-8-13-11-3-6-19-16(11)15-10(2-5-18-15)12(13)7-9(1)14/h1-8H. The van der Waals surface area contributed by atoms with Gasteiger partial charge in [0.05, 0.1) is 18.8 Å². The van der Waals surface area contributed by atoms with E-state index in [1.54, 1.807) is 18.8 Å². The highest BCUT2D eigenvalue weighted by Gasteiger charge is 2.14. The lowest BCUT2D eigenvalue weighted by atomic mass is 10.0. The highest BCUT2D eigenvalue weighted by atomic mass is 16.4. The van der Waals surface area contributed by atoms with Crippen molar-refractivity contribution in [3.63, 3.8) is 0 Å². The summed E-state index contributed by atoms with van der Waals surface area (Å²) in [5, 5.41) is 5.50. The van der Waals surface area contributed by atoms with Gasteiger partial charge < -0.3 is 13.3 Å². The van der Waals surface area contributed by atoms with E-state index in [1.807, 2.05) is 18.2 Å². The number of fused-ring (bicyclic) bond motifs is 7. The zero-order valence-electron chi connectivity index (χ0n) is 9.84. The Kier molecular flexibility index (Phi) is 1.47. The maximum absolute atomic E-state index is 5.57. The molecule has 0 atom stereocenters. The molecule has 3 aromatic heterocycles. The number of furan rings is 3. The quantitative estimate of drug-likeness (QED) is 0.383. The largest absolute Gasteiger partial charge is 0.464 e. The molecule has 19 heavy (non-hydrogen) atoms. The Morgan fingerprint density at radius 3 is 1.95 bits per heavy atom. The predicted molar refractivity (Wildman–Crippen MR) is 73.3 cm³/mol. The third-order valence-electron chi connectivity index (χ3n) is 3.71. The summed E-state index contributed by atoms with van der Waals surface area (Å²) in [6.07, 6.45) is 5.10. The lowest BCUT2D eigenvalue weighted by Crippen LogP contribution is -1.77. The molecule has 0 unspecified atom stereocenters. The average molecular weight is 248 g/mol. The van der Waals surface area contributed by atoms with Crippen molar-refractivity contribution in [1.29, 1.82) is 0 Å². The molecule has 0 aliphatic heterocycles. The van der Waals surface area contributed by atoms with E-state index in [-0.39, 0.29) is 0 Å². The van der Waals surface area contributed by atoms with E-state index in [2.05, 4.69) is 12.1 Å². The first kappa shape index (κ1) is 9.28. The molecule has 90 valence electrons. The van der Waals surface area contributed by atoms with Crippen LogP contribution in [0.5, 0.6) is 0 Å².